The van der Waals surface area contributed by atoms with E-state index in [2.05, 4.69) is 0 Å². The van der Waals surface area contributed by atoms with Crippen molar-refractivity contribution in [3.05, 3.63) is 0 Å². The van der Waals surface area contributed by atoms with Crippen LogP contribution in [0.1, 0.15) is 45.4 Å². The summed E-state index contributed by atoms with van der Waals surface area (Å²) < 4.78 is -1.08. The van der Waals surface area contributed by atoms with Gasteiger partial charge >= 0.3 is 0 Å². The van der Waals surface area contributed by atoms with E-state index in [9.17, 15) is 0 Å². The first-order valence-electron chi connectivity index (χ1n) is 4.07. The largest absolute Gasteiger partial charge is 0.187 e. The predicted octanol–water partition coefficient (Wildman–Crippen LogP) is 4.72. The third kappa shape index (κ3) is 18.1. The molecule has 0 nitrogen and oxygen atoms in total. The van der Waals surface area contributed by atoms with Crippen molar-refractivity contribution in [2.45, 2.75) is 49.2 Å². The van der Waals surface area contributed by atoms with Gasteiger partial charge in [0.15, 0.2) is 3.79 Å². The molecule has 1 fully saturated rings. The smallest absolute Gasteiger partial charge is 0.0840 e. The Balaban J connectivity index is 0.000000187. The van der Waals surface area contributed by atoms with Crippen molar-refractivity contribution in [2.75, 3.05) is 0 Å². The summed E-state index contributed by atoms with van der Waals surface area (Å²) in [6.07, 6.45) is 9.00. The van der Waals surface area contributed by atoms with Crippen LogP contribution in [0.25, 0.3) is 0 Å². The van der Waals surface area contributed by atoms with E-state index < -0.39 is 3.79 Å². The van der Waals surface area contributed by atoms with Gasteiger partial charge in [-0.15, -0.1) is 0 Å². The van der Waals surface area contributed by atoms with E-state index in [0.29, 0.717) is 0 Å². The van der Waals surface area contributed by atoms with Gasteiger partial charge in [-0.05, 0) is 6.92 Å². The molecular weight excluding hydrogens is 202 g/mol. The zero-order valence-electron chi connectivity index (χ0n) is 6.88. The molecule has 0 atom stereocenters. The summed E-state index contributed by atoms with van der Waals surface area (Å²) >= 11 is 15.2. The van der Waals surface area contributed by atoms with Gasteiger partial charge in [0.25, 0.3) is 0 Å². The highest BCUT2D eigenvalue weighted by Gasteiger charge is 2.07. The molecule has 0 aromatic heterocycles. The number of alkyl halides is 3. The third-order valence-electron chi connectivity index (χ3n) is 1.50. The Hall–Kier alpha value is 0.870. The Morgan fingerprint density at radius 2 is 0.818 bits per heavy atom. The quantitative estimate of drug-likeness (QED) is 0.515. The normalized spacial score (nSPS) is 18.5. The summed E-state index contributed by atoms with van der Waals surface area (Å²) in [5.41, 5.74) is 0. The number of halogens is 3. The third-order valence-corrected chi connectivity index (χ3v) is 1.50. The van der Waals surface area contributed by atoms with Crippen LogP contribution in [0, 0.1) is 0 Å². The van der Waals surface area contributed by atoms with Gasteiger partial charge in [0.05, 0.1) is 0 Å². The van der Waals surface area contributed by atoms with Crippen LogP contribution >= 0.6 is 34.8 Å². The zero-order chi connectivity index (χ0) is 8.74. The highest BCUT2D eigenvalue weighted by molar-refractivity contribution is 6.67. The van der Waals surface area contributed by atoms with Crippen molar-refractivity contribution in [1.29, 1.82) is 0 Å². The summed E-state index contributed by atoms with van der Waals surface area (Å²) in [6.45, 7) is 1.48. The standard InChI is InChI=1S/C6H12.C2H3Cl3/c1-2-4-6-5-3-1;1-2(3,4)5/h1-6H2;1H3. The minimum Gasteiger partial charge on any atom is -0.0840 e. The average Bonchev–Trinajstić information content (AvgIpc) is 1.88. The van der Waals surface area contributed by atoms with Crippen LogP contribution in [0.3, 0.4) is 0 Å². The molecule has 0 aromatic rings. The molecule has 0 spiro atoms. The van der Waals surface area contributed by atoms with Crippen LogP contribution in [0.15, 0.2) is 0 Å². The Labute approximate surface area is 84.2 Å². The lowest BCUT2D eigenvalue weighted by Crippen LogP contribution is -1.87. The van der Waals surface area contributed by atoms with Gasteiger partial charge in [-0.2, -0.15) is 0 Å². The van der Waals surface area contributed by atoms with Crippen molar-refractivity contribution in [3.63, 3.8) is 0 Å². The molecule has 1 aliphatic rings. The van der Waals surface area contributed by atoms with Crippen LogP contribution in [0.4, 0.5) is 0 Å². The highest BCUT2D eigenvalue weighted by Crippen LogP contribution is 2.23. The molecule has 1 saturated carbocycles. The maximum absolute atomic E-state index is 5.06. The number of hydrogen-bond acceptors (Lipinski definition) is 0. The summed E-state index contributed by atoms with van der Waals surface area (Å²) in [5, 5.41) is 0. The van der Waals surface area contributed by atoms with Gasteiger partial charge in [0.1, 0.15) is 0 Å². The monoisotopic (exact) mass is 216 g/mol. The maximum atomic E-state index is 5.06. The molecule has 1 aliphatic carbocycles. The lowest BCUT2D eigenvalue weighted by molar-refractivity contribution is 0.504. The molecule has 0 unspecified atom stereocenters. The molecule has 0 aliphatic heterocycles. The first-order valence-corrected chi connectivity index (χ1v) is 5.20. The molecule has 0 amide bonds. The van der Waals surface area contributed by atoms with Crippen LogP contribution in [-0.2, 0) is 0 Å². The first-order chi connectivity index (χ1) is 5.00. The SMILES string of the molecule is C1CCCCC1.CC(Cl)(Cl)Cl. The van der Waals surface area contributed by atoms with Crippen molar-refractivity contribution < 1.29 is 0 Å². The van der Waals surface area contributed by atoms with Gasteiger partial charge in [0.2, 0.25) is 0 Å². The maximum Gasteiger partial charge on any atom is 0.187 e. The average molecular weight is 218 g/mol. The molecule has 68 valence electrons. The van der Waals surface area contributed by atoms with Gasteiger partial charge in [0, 0.05) is 0 Å². The Morgan fingerprint density at radius 3 is 0.909 bits per heavy atom. The van der Waals surface area contributed by atoms with Gasteiger partial charge < -0.3 is 0 Å². The summed E-state index contributed by atoms with van der Waals surface area (Å²) in [5.74, 6) is 0. The van der Waals surface area contributed by atoms with Crippen LogP contribution in [0.5, 0.6) is 0 Å². The van der Waals surface area contributed by atoms with Crippen LogP contribution < -0.4 is 0 Å². The van der Waals surface area contributed by atoms with E-state index in [1.54, 1.807) is 0 Å². The fourth-order valence-electron chi connectivity index (χ4n) is 1.06. The van der Waals surface area contributed by atoms with Gasteiger partial charge in [-0.25, -0.2) is 0 Å². The fourth-order valence-corrected chi connectivity index (χ4v) is 1.06. The fraction of sp³-hybridized carbons (Fsp3) is 1.00. The predicted molar refractivity (Wildman–Crippen MR) is 53.7 cm³/mol. The number of hydrogen-bond donors (Lipinski definition) is 0. The lowest BCUT2D eigenvalue weighted by atomic mass is 10.0. The van der Waals surface area contributed by atoms with E-state index in [1.165, 1.54) is 45.4 Å². The number of rotatable bonds is 0. The molecule has 0 N–H and O–H groups in total. The minimum atomic E-state index is -1.08. The molecule has 0 saturated heterocycles. The van der Waals surface area contributed by atoms with E-state index in [-0.39, 0.29) is 0 Å². The Kier molecular flexibility index (Phi) is 6.90. The van der Waals surface area contributed by atoms with Gasteiger partial charge in [-0.1, -0.05) is 73.3 Å². The second-order valence-electron chi connectivity index (χ2n) is 2.90. The topological polar surface area (TPSA) is 0 Å². The van der Waals surface area contributed by atoms with E-state index >= 15 is 0 Å². The molecule has 0 radical (unpaired) electrons. The second-order valence-corrected chi connectivity index (χ2v) is 5.75. The molecule has 0 bridgehead atoms. The van der Waals surface area contributed by atoms with Crippen LogP contribution in [-0.4, -0.2) is 3.79 Å². The van der Waals surface area contributed by atoms with E-state index in [0.717, 1.165) is 0 Å². The second kappa shape index (κ2) is 6.39. The summed E-state index contributed by atoms with van der Waals surface area (Å²) in [4.78, 5) is 0. The molecule has 0 aromatic carbocycles. The molecule has 1 rings (SSSR count). The summed E-state index contributed by atoms with van der Waals surface area (Å²) in [6, 6.07) is 0. The van der Waals surface area contributed by atoms with Gasteiger partial charge in [-0.3, -0.25) is 0 Å². The van der Waals surface area contributed by atoms with Crippen molar-refractivity contribution in [1.82, 2.24) is 0 Å². The lowest BCUT2D eigenvalue weighted by Gasteiger charge is -2.05. The van der Waals surface area contributed by atoms with Crippen molar-refractivity contribution in [3.8, 4) is 0 Å². The molecule has 3 heteroatoms. The highest BCUT2D eigenvalue weighted by atomic mass is 35.6. The van der Waals surface area contributed by atoms with E-state index in [4.69, 9.17) is 34.8 Å². The summed E-state index contributed by atoms with van der Waals surface area (Å²) in [7, 11) is 0. The Morgan fingerprint density at radius 1 is 0.727 bits per heavy atom. The first kappa shape index (κ1) is 11.9. The molecular formula is C8H15Cl3. The minimum absolute atomic E-state index is 1.08. The van der Waals surface area contributed by atoms with E-state index in [1.807, 2.05) is 0 Å². The van der Waals surface area contributed by atoms with Crippen molar-refractivity contribution >= 4 is 34.8 Å². The Bertz CT molecular complexity index is 64.3. The van der Waals surface area contributed by atoms with Crippen LogP contribution in [0.2, 0.25) is 0 Å². The molecule has 11 heavy (non-hydrogen) atoms. The van der Waals surface area contributed by atoms with Crippen molar-refractivity contribution in [2.24, 2.45) is 0 Å². The molecule has 0 heterocycles. The zero-order valence-corrected chi connectivity index (χ0v) is 9.14.